The number of hydrogen-bond donors (Lipinski definition) is 2. The van der Waals surface area contributed by atoms with Crippen LogP contribution in [0.5, 0.6) is 0 Å². The molecule has 1 saturated heterocycles. The van der Waals surface area contributed by atoms with Gasteiger partial charge in [0.05, 0.1) is 27.6 Å². The molecule has 1 amide bonds. The molecule has 3 aromatic carbocycles. The number of aromatic nitrogens is 2. The summed E-state index contributed by atoms with van der Waals surface area (Å²) in [5, 5.41) is 11.0. The summed E-state index contributed by atoms with van der Waals surface area (Å²) in [6.45, 7) is 2.68. The van der Waals surface area contributed by atoms with Crippen molar-refractivity contribution in [2.24, 2.45) is 0 Å². The Kier molecular flexibility index (Phi) is 3.65. The highest BCUT2D eigenvalue weighted by Gasteiger charge is 2.53. The lowest BCUT2D eigenvalue weighted by Crippen LogP contribution is -2.59. The van der Waals surface area contributed by atoms with Crippen LogP contribution in [0.3, 0.4) is 0 Å². The van der Waals surface area contributed by atoms with Crippen LogP contribution in [0, 0.1) is 0 Å². The molecular weight excluding hydrogens is 440 g/mol. The predicted octanol–water partition coefficient (Wildman–Crippen LogP) is 4.35. The van der Waals surface area contributed by atoms with Crippen LogP contribution in [0.25, 0.3) is 43.6 Å². The van der Waals surface area contributed by atoms with E-state index in [9.17, 15) is 4.79 Å². The maximum absolute atomic E-state index is 13.3. The average Bonchev–Trinajstić information content (AvgIpc) is 3.51. The van der Waals surface area contributed by atoms with Crippen LogP contribution >= 0.6 is 0 Å². The van der Waals surface area contributed by atoms with E-state index in [-0.39, 0.29) is 24.3 Å². The first-order valence-corrected chi connectivity index (χ1v) is 12.3. The fraction of sp³-hybridized carbons (Fsp3) is 0.321. The van der Waals surface area contributed by atoms with Gasteiger partial charge in [-0.25, -0.2) is 0 Å². The minimum absolute atomic E-state index is 0.00357. The van der Waals surface area contributed by atoms with E-state index in [4.69, 9.17) is 9.47 Å². The molecule has 0 aliphatic carbocycles. The van der Waals surface area contributed by atoms with Crippen molar-refractivity contribution < 1.29 is 14.3 Å². The van der Waals surface area contributed by atoms with E-state index in [1.54, 1.807) is 7.11 Å². The van der Waals surface area contributed by atoms with E-state index >= 15 is 0 Å². The molecule has 35 heavy (non-hydrogen) atoms. The number of benzene rings is 3. The SMILES string of the molecule is CN[C@@H]1C[C@@H]2O[C@@](C)([C@@H]1OC)n1c3ccccc3c3c4c(c5c6ccccc6n2c5c31)C(=O)NC4. The van der Waals surface area contributed by atoms with Crippen molar-refractivity contribution in [3.63, 3.8) is 0 Å². The van der Waals surface area contributed by atoms with Crippen molar-refractivity contribution in [3.8, 4) is 0 Å². The molecule has 176 valence electrons. The van der Waals surface area contributed by atoms with Gasteiger partial charge in [-0.1, -0.05) is 36.4 Å². The number of para-hydroxylation sites is 2. The number of hydrogen-bond acceptors (Lipinski definition) is 4. The first-order valence-electron chi connectivity index (χ1n) is 12.3. The Balaban J connectivity index is 1.72. The first kappa shape index (κ1) is 19.9. The molecule has 8 rings (SSSR count). The van der Waals surface area contributed by atoms with Crippen LogP contribution in [-0.4, -0.2) is 41.3 Å². The van der Waals surface area contributed by atoms with Crippen LogP contribution < -0.4 is 10.6 Å². The standard InChI is InChI=1S/C28H26N4O3/c1-28-26(34-3)17(29-2)12-20(35-28)31-18-10-6-4-8-14(18)22-23-16(13-30-27(23)33)21-15-9-5-7-11-19(15)32(28)25(21)24(22)31/h4-11,17,20,26,29H,12-13H2,1-3H3,(H,30,33)/t17-,20+,26-,28+/m1/s1. The second-order valence-corrected chi connectivity index (χ2v) is 10.1. The van der Waals surface area contributed by atoms with Crippen LogP contribution in [0.2, 0.25) is 0 Å². The number of nitrogens with zero attached hydrogens (tertiary/aromatic N) is 2. The summed E-state index contributed by atoms with van der Waals surface area (Å²) in [5.41, 5.74) is 5.51. The monoisotopic (exact) mass is 466 g/mol. The van der Waals surface area contributed by atoms with Gasteiger partial charge in [0, 0.05) is 47.7 Å². The number of likely N-dealkylation sites (N-methyl/N-ethyl adjacent to an activating group) is 1. The largest absolute Gasteiger partial charge is 0.375 e. The topological polar surface area (TPSA) is 69.5 Å². The van der Waals surface area contributed by atoms with E-state index < -0.39 is 5.72 Å². The van der Waals surface area contributed by atoms with Crippen molar-refractivity contribution in [2.75, 3.05) is 14.2 Å². The number of carbonyl (C=O) groups excluding carboxylic acids is 1. The summed E-state index contributed by atoms with van der Waals surface area (Å²) >= 11 is 0. The van der Waals surface area contributed by atoms with Gasteiger partial charge in [-0.3, -0.25) is 4.79 Å². The molecule has 7 heteroatoms. The van der Waals surface area contributed by atoms with Gasteiger partial charge in [0.15, 0.2) is 5.72 Å². The highest BCUT2D eigenvalue weighted by Crippen LogP contribution is 2.53. The number of nitrogens with one attached hydrogen (secondary N) is 2. The number of fused-ring (bicyclic) bond motifs is 13. The molecule has 7 nitrogen and oxygen atoms in total. The van der Waals surface area contributed by atoms with Gasteiger partial charge in [-0.2, -0.15) is 0 Å². The van der Waals surface area contributed by atoms with E-state index in [1.807, 2.05) is 7.05 Å². The third-order valence-electron chi connectivity index (χ3n) is 8.60. The van der Waals surface area contributed by atoms with Crippen LogP contribution in [0.1, 0.15) is 35.5 Å². The maximum Gasteiger partial charge on any atom is 0.252 e. The van der Waals surface area contributed by atoms with E-state index in [0.717, 1.165) is 61.2 Å². The van der Waals surface area contributed by atoms with Gasteiger partial charge in [-0.05, 0) is 31.7 Å². The fourth-order valence-corrected chi connectivity index (χ4v) is 7.33. The van der Waals surface area contributed by atoms with Crippen molar-refractivity contribution in [1.29, 1.82) is 0 Å². The fourth-order valence-electron chi connectivity index (χ4n) is 7.33. The van der Waals surface area contributed by atoms with E-state index in [0.29, 0.717) is 6.54 Å². The van der Waals surface area contributed by atoms with Gasteiger partial charge in [0.25, 0.3) is 5.91 Å². The van der Waals surface area contributed by atoms with Crippen LogP contribution in [0.15, 0.2) is 48.5 Å². The van der Waals surface area contributed by atoms with Gasteiger partial charge >= 0.3 is 0 Å². The smallest absolute Gasteiger partial charge is 0.252 e. The van der Waals surface area contributed by atoms with Crippen molar-refractivity contribution in [1.82, 2.24) is 19.8 Å². The molecule has 2 aromatic heterocycles. The van der Waals surface area contributed by atoms with Gasteiger partial charge in [0.2, 0.25) is 0 Å². The van der Waals surface area contributed by atoms with E-state index in [1.165, 1.54) is 0 Å². The molecule has 0 saturated carbocycles. The maximum atomic E-state index is 13.3. The zero-order valence-electron chi connectivity index (χ0n) is 19.9. The van der Waals surface area contributed by atoms with Crippen LogP contribution in [-0.2, 0) is 21.7 Å². The molecule has 4 atom stereocenters. The number of carbonyl (C=O) groups is 1. The molecule has 5 heterocycles. The Bertz CT molecular complexity index is 1750. The quantitative estimate of drug-likeness (QED) is 0.406. The third-order valence-corrected chi connectivity index (χ3v) is 8.60. The van der Waals surface area contributed by atoms with Crippen molar-refractivity contribution >= 4 is 49.5 Å². The number of ether oxygens (including phenoxy) is 2. The molecule has 3 aliphatic rings. The Labute approximate surface area is 201 Å². The van der Waals surface area contributed by atoms with Crippen LogP contribution in [0.4, 0.5) is 0 Å². The summed E-state index contributed by atoms with van der Waals surface area (Å²) in [5.74, 6) is 0.00357. The molecular formula is C28H26N4O3. The zero-order valence-corrected chi connectivity index (χ0v) is 19.9. The zero-order chi connectivity index (χ0) is 23.6. The second kappa shape index (κ2) is 6.43. The van der Waals surface area contributed by atoms with Crippen molar-refractivity contribution in [3.05, 3.63) is 59.7 Å². The van der Waals surface area contributed by atoms with Gasteiger partial charge in [-0.15, -0.1) is 0 Å². The minimum atomic E-state index is -0.760. The predicted molar refractivity (Wildman–Crippen MR) is 136 cm³/mol. The summed E-state index contributed by atoms with van der Waals surface area (Å²) < 4.78 is 18.0. The molecule has 0 spiro atoms. The molecule has 0 radical (unpaired) electrons. The molecule has 5 aromatic rings. The molecule has 3 aliphatic heterocycles. The lowest BCUT2D eigenvalue weighted by Gasteiger charge is -2.48. The number of rotatable bonds is 2. The summed E-state index contributed by atoms with van der Waals surface area (Å²) in [4.78, 5) is 13.3. The normalized spacial score (nSPS) is 27.3. The Morgan fingerprint density at radius 1 is 1.06 bits per heavy atom. The number of methoxy groups -OCH3 is 1. The average molecular weight is 467 g/mol. The van der Waals surface area contributed by atoms with Crippen molar-refractivity contribution in [2.45, 2.75) is 44.0 Å². The lowest BCUT2D eigenvalue weighted by molar-refractivity contribution is -0.256. The Morgan fingerprint density at radius 2 is 1.77 bits per heavy atom. The highest BCUT2D eigenvalue weighted by atomic mass is 16.6. The Hall–Kier alpha value is -3.39. The van der Waals surface area contributed by atoms with E-state index in [2.05, 4.69) is 75.2 Å². The lowest BCUT2D eigenvalue weighted by atomic mass is 9.93. The van der Waals surface area contributed by atoms with Gasteiger partial charge < -0.3 is 29.2 Å². The molecule has 2 bridgehead atoms. The molecule has 2 N–H and O–H groups in total. The summed E-state index contributed by atoms with van der Waals surface area (Å²) in [6.07, 6.45) is 0.337. The highest BCUT2D eigenvalue weighted by molar-refractivity contribution is 6.31. The summed E-state index contributed by atoms with van der Waals surface area (Å²) in [6, 6.07) is 17.0. The summed E-state index contributed by atoms with van der Waals surface area (Å²) in [7, 11) is 3.77. The van der Waals surface area contributed by atoms with Gasteiger partial charge in [0.1, 0.15) is 12.3 Å². The molecule has 0 unspecified atom stereocenters. The molecule has 1 fully saturated rings. The Morgan fingerprint density at radius 3 is 2.51 bits per heavy atom. The third kappa shape index (κ3) is 2.12. The second-order valence-electron chi connectivity index (χ2n) is 10.1. The first-order chi connectivity index (χ1) is 17.1. The minimum Gasteiger partial charge on any atom is -0.375 e. The number of amides is 1.